The number of fused-ring (bicyclic) bond motifs is 2. The molecule has 3 heterocycles. The standard InChI is InChI=1S/C13H12Br2N2O2/c14-7-3-9(15)11(17-5-7)12(18)13(6-16)4-8-1-2-10(13)19-8/h3,5,8,10,12,18H,1-2,4H2. The van der Waals surface area contributed by atoms with Crippen molar-refractivity contribution in [1.82, 2.24) is 4.98 Å². The Labute approximate surface area is 128 Å². The SMILES string of the molecule is N#CC1(C(O)c2ncc(Br)cc2Br)CC2CCC1O2. The van der Waals surface area contributed by atoms with E-state index in [1.165, 1.54) is 0 Å². The highest BCUT2D eigenvalue weighted by molar-refractivity contribution is 9.11. The first-order valence-corrected chi connectivity index (χ1v) is 7.71. The van der Waals surface area contributed by atoms with Gasteiger partial charge in [-0.3, -0.25) is 4.98 Å². The molecule has 6 heteroatoms. The van der Waals surface area contributed by atoms with Crippen molar-refractivity contribution in [2.45, 2.75) is 37.6 Å². The second kappa shape index (κ2) is 4.81. The Kier molecular flexibility index (Phi) is 3.42. The molecule has 1 N–H and O–H groups in total. The van der Waals surface area contributed by atoms with Gasteiger partial charge in [-0.2, -0.15) is 5.26 Å². The number of aliphatic hydroxyl groups is 1. The van der Waals surface area contributed by atoms with Crippen LogP contribution in [0.2, 0.25) is 0 Å². The molecule has 100 valence electrons. The number of nitriles is 1. The van der Waals surface area contributed by atoms with Crippen LogP contribution in [0.1, 0.15) is 31.1 Å². The number of halogens is 2. The molecule has 2 bridgehead atoms. The number of hydrogen-bond acceptors (Lipinski definition) is 4. The second-order valence-corrected chi connectivity index (χ2v) is 6.87. The van der Waals surface area contributed by atoms with Crippen LogP contribution < -0.4 is 0 Å². The van der Waals surface area contributed by atoms with E-state index >= 15 is 0 Å². The van der Waals surface area contributed by atoms with E-state index in [2.05, 4.69) is 42.9 Å². The maximum Gasteiger partial charge on any atom is 0.118 e. The Morgan fingerprint density at radius 2 is 2.32 bits per heavy atom. The summed E-state index contributed by atoms with van der Waals surface area (Å²) in [6.45, 7) is 0. The summed E-state index contributed by atoms with van der Waals surface area (Å²) in [5.41, 5.74) is -0.368. The van der Waals surface area contributed by atoms with Gasteiger partial charge < -0.3 is 9.84 Å². The van der Waals surface area contributed by atoms with Crippen molar-refractivity contribution in [3.8, 4) is 6.07 Å². The van der Waals surface area contributed by atoms with Gasteiger partial charge in [-0.05, 0) is 57.2 Å². The van der Waals surface area contributed by atoms with Gasteiger partial charge in [-0.25, -0.2) is 0 Å². The van der Waals surface area contributed by atoms with Gasteiger partial charge in [0, 0.05) is 15.1 Å². The molecule has 4 atom stereocenters. The summed E-state index contributed by atoms with van der Waals surface area (Å²) in [7, 11) is 0. The van der Waals surface area contributed by atoms with Crippen molar-refractivity contribution in [1.29, 1.82) is 5.26 Å². The Balaban J connectivity index is 1.99. The van der Waals surface area contributed by atoms with E-state index in [9.17, 15) is 10.4 Å². The van der Waals surface area contributed by atoms with E-state index in [1.807, 2.05) is 6.07 Å². The minimum Gasteiger partial charge on any atom is -0.385 e. The number of pyridine rings is 1. The molecule has 2 aliphatic rings. The van der Waals surface area contributed by atoms with Gasteiger partial charge in [-0.15, -0.1) is 0 Å². The van der Waals surface area contributed by atoms with E-state index < -0.39 is 11.5 Å². The van der Waals surface area contributed by atoms with Gasteiger partial charge in [0.2, 0.25) is 0 Å². The molecule has 4 unspecified atom stereocenters. The molecule has 0 amide bonds. The van der Waals surface area contributed by atoms with Crippen LogP contribution in [0.25, 0.3) is 0 Å². The summed E-state index contributed by atoms with van der Waals surface area (Å²) in [6.07, 6.45) is 3.01. The predicted molar refractivity (Wildman–Crippen MR) is 75.2 cm³/mol. The maximum absolute atomic E-state index is 10.7. The largest absolute Gasteiger partial charge is 0.385 e. The third kappa shape index (κ3) is 2.04. The molecule has 2 fully saturated rings. The van der Waals surface area contributed by atoms with Crippen LogP contribution in [0, 0.1) is 16.7 Å². The number of hydrogen-bond donors (Lipinski definition) is 1. The number of ether oxygens (including phenoxy) is 1. The van der Waals surface area contributed by atoms with E-state index in [1.54, 1.807) is 6.20 Å². The molecule has 4 nitrogen and oxygen atoms in total. The second-order valence-electron chi connectivity index (χ2n) is 5.10. The summed E-state index contributed by atoms with van der Waals surface area (Å²) < 4.78 is 7.28. The topological polar surface area (TPSA) is 66.1 Å². The van der Waals surface area contributed by atoms with Gasteiger partial charge >= 0.3 is 0 Å². The highest BCUT2D eigenvalue weighted by atomic mass is 79.9. The van der Waals surface area contributed by atoms with Crippen LogP contribution in [-0.2, 0) is 4.74 Å². The molecule has 19 heavy (non-hydrogen) atoms. The first-order valence-electron chi connectivity index (χ1n) is 6.12. The molecule has 0 saturated carbocycles. The molecule has 0 spiro atoms. The number of nitrogens with zero attached hydrogens (tertiary/aromatic N) is 2. The molecule has 0 aliphatic carbocycles. The first-order chi connectivity index (χ1) is 9.06. The van der Waals surface area contributed by atoms with Gasteiger partial charge in [-0.1, -0.05) is 0 Å². The van der Waals surface area contributed by atoms with E-state index in [0.717, 1.165) is 17.3 Å². The molecular weight excluding hydrogens is 376 g/mol. The van der Waals surface area contributed by atoms with Crippen molar-refractivity contribution in [3.05, 3.63) is 26.9 Å². The molecule has 0 radical (unpaired) electrons. The lowest BCUT2D eigenvalue weighted by molar-refractivity contribution is 0.000838. The van der Waals surface area contributed by atoms with Crippen LogP contribution in [-0.4, -0.2) is 22.3 Å². The van der Waals surface area contributed by atoms with Gasteiger partial charge in [0.15, 0.2) is 0 Å². The van der Waals surface area contributed by atoms with Crippen LogP contribution in [0.3, 0.4) is 0 Å². The van der Waals surface area contributed by atoms with Crippen molar-refractivity contribution in [2.24, 2.45) is 5.41 Å². The van der Waals surface area contributed by atoms with Crippen LogP contribution in [0.5, 0.6) is 0 Å². The van der Waals surface area contributed by atoms with E-state index in [4.69, 9.17) is 4.74 Å². The molecule has 3 rings (SSSR count). The smallest absolute Gasteiger partial charge is 0.118 e. The third-order valence-electron chi connectivity index (χ3n) is 4.04. The third-order valence-corrected chi connectivity index (χ3v) is 5.11. The lowest BCUT2D eigenvalue weighted by atomic mass is 9.70. The van der Waals surface area contributed by atoms with Crippen molar-refractivity contribution < 1.29 is 9.84 Å². The summed E-state index contributed by atoms with van der Waals surface area (Å²) in [5.74, 6) is 0. The fourth-order valence-corrected chi connectivity index (χ4v) is 4.28. The monoisotopic (exact) mass is 386 g/mol. The predicted octanol–water partition coefficient (Wildman–Crippen LogP) is 3.10. The average molecular weight is 388 g/mol. The normalized spacial score (nSPS) is 34.2. The first kappa shape index (κ1) is 13.5. The van der Waals surface area contributed by atoms with Crippen molar-refractivity contribution in [3.63, 3.8) is 0 Å². The zero-order valence-corrected chi connectivity index (χ0v) is 13.2. The summed E-state index contributed by atoms with van der Waals surface area (Å²) in [6, 6.07) is 4.13. The fraction of sp³-hybridized carbons (Fsp3) is 0.538. The molecule has 1 aromatic heterocycles. The van der Waals surface area contributed by atoms with Crippen molar-refractivity contribution >= 4 is 31.9 Å². The van der Waals surface area contributed by atoms with E-state index in [0.29, 0.717) is 16.6 Å². The van der Waals surface area contributed by atoms with Gasteiger partial charge in [0.25, 0.3) is 0 Å². The quantitative estimate of drug-likeness (QED) is 0.846. The zero-order valence-electron chi connectivity index (χ0n) is 10.0. The Bertz CT molecular complexity index is 560. The molecule has 2 aliphatic heterocycles. The Morgan fingerprint density at radius 3 is 2.84 bits per heavy atom. The highest BCUT2D eigenvalue weighted by Gasteiger charge is 2.58. The van der Waals surface area contributed by atoms with Gasteiger partial charge in [0.05, 0.1) is 24.0 Å². The minimum absolute atomic E-state index is 0.105. The summed E-state index contributed by atoms with van der Waals surface area (Å²) in [4.78, 5) is 4.25. The van der Waals surface area contributed by atoms with Crippen LogP contribution in [0.4, 0.5) is 0 Å². The minimum atomic E-state index is -0.935. The molecule has 0 aromatic carbocycles. The fourth-order valence-electron chi connectivity index (χ4n) is 3.08. The van der Waals surface area contributed by atoms with E-state index in [-0.39, 0.29) is 12.2 Å². The summed E-state index contributed by atoms with van der Waals surface area (Å²) >= 11 is 6.73. The maximum atomic E-state index is 10.7. The van der Waals surface area contributed by atoms with Crippen molar-refractivity contribution in [2.75, 3.05) is 0 Å². The lowest BCUT2D eigenvalue weighted by Gasteiger charge is -2.32. The lowest BCUT2D eigenvalue weighted by Crippen LogP contribution is -2.37. The van der Waals surface area contributed by atoms with Crippen LogP contribution in [0.15, 0.2) is 21.2 Å². The molecular formula is C13H12Br2N2O2. The number of rotatable bonds is 2. The molecule has 2 saturated heterocycles. The van der Waals surface area contributed by atoms with Gasteiger partial charge in [0.1, 0.15) is 11.5 Å². The summed E-state index contributed by atoms with van der Waals surface area (Å²) in [5, 5.41) is 20.2. The highest BCUT2D eigenvalue weighted by Crippen LogP contribution is 2.54. The molecule has 1 aromatic rings. The Hall–Kier alpha value is -0.480. The number of aromatic nitrogens is 1. The average Bonchev–Trinajstić information content (AvgIpc) is 2.98. The zero-order chi connectivity index (χ0) is 13.6. The van der Waals surface area contributed by atoms with Crippen LogP contribution >= 0.6 is 31.9 Å². The number of aliphatic hydroxyl groups excluding tert-OH is 1. The Morgan fingerprint density at radius 1 is 1.53 bits per heavy atom.